The molecule has 5 rings (SSSR count). The number of amides is 1. The van der Waals surface area contributed by atoms with Crippen molar-refractivity contribution >= 4 is 29.4 Å². The molecule has 0 saturated carbocycles. The van der Waals surface area contributed by atoms with Gasteiger partial charge in [0, 0.05) is 19.2 Å². The molecule has 4 aromatic rings. The van der Waals surface area contributed by atoms with Crippen LogP contribution in [-0.2, 0) is 11.3 Å². The number of thioether (sulfide) groups is 1. The van der Waals surface area contributed by atoms with Crippen LogP contribution in [0.25, 0.3) is 5.69 Å². The molecule has 0 unspecified atom stereocenters. The van der Waals surface area contributed by atoms with E-state index >= 15 is 0 Å². The van der Waals surface area contributed by atoms with Crippen LogP contribution in [0.5, 0.6) is 0 Å². The summed E-state index contributed by atoms with van der Waals surface area (Å²) in [5.74, 6) is 1.71. The van der Waals surface area contributed by atoms with Gasteiger partial charge in [-0.3, -0.25) is 9.36 Å². The summed E-state index contributed by atoms with van der Waals surface area (Å²) in [6.07, 6.45) is 3.89. The van der Waals surface area contributed by atoms with Crippen molar-refractivity contribution in [2.75, 3.05) is 29.1 Å². The third-order valence-corrected chi connectivity index (χ3v) is 6.45. The quantitative estimate of drug-likeness (QED) is 0.382. The molecule has 1 N–H and O–H groups in total. The maximum absolute atomic E-state index is 13.3. The molecule has 1 aliphatic rings. The number of nitrogens with one attached hydrogen (secondary N) is 1. The number of aromatic nitrogens is 5. The zero-order valence-corrected chi connectivity index (χ0v) is 19.5. The van der Waals surface area contributed by atoms with E-state index in [1.165, 1.54) is 23.9 Å². The first-order chi connectivity index (χ1) is 16.6. The summed E-state index contributed by atoms with van der Waals surface area (Å²) in [5, 5.41) is 16.7. The van der Waals surface area contributed by atoms with Gasteiger partial charge in [0.25, 0.3) is 0 Å². The largest absolute Gasteiger partial charge is 0.467 e. The number of nitrogens with zero attached hydrogens (tertiary/aromatic N) is 6. The summed E-state index contributed by atoms with van der Waals surface area (Å²) < 4.78 is 22.4. The Labute approximate surface area is 200 Å². The Kier molecular flexibility index (Phi) is 6.35. The molecule has 1 aromatic carbocycles. The Morgan fingerprint density at radius 2 is 1.97 bits per heavy atom. The number of halogens is 1. The summed E-state index contributed by atoms with van der Waals surface area (Å²) in [4.78, 5) is 15.0. The Bertz CT molecular complexity index is 1260. The average Bonchev–Trinajstić information content (AvgIpc) is 3.62. The minimum absolute atomic E-state index is 0.143. The van der Waals surface area contributed by atoms with E-state index in [0.717, 1.165) is 43.3 Å². The van der Waals surface area contributed by atoms with Crippen LogP contribution >= 0.6 is 11.8 Å². The fourth-order valence-corrected chi connectivity index (χ4v) is 4.65. The van der Waals surface area contributed by atoms with Gasteiger partial charge in [-0.25, -0.2) is 9.07 Å². The lowest BCUT2D eigenvalue weighted by Crippen LogP contribution is -2.23. The van der Waals surface area contributed by atoms with Gasteiger partial charge in [-0.2, -0.15) is 5.10 Å². The highest BCUT2D eigenvalue weighted by Gasteiger charge is 2.23. The summed E-state index contributed by atoms with van der Waals surface area (Å²) >= 11 is 1.32. The van der Waals surface area contributed by atoms with E-state index in [1.54, 1.807) is 29.1 Å². The molecule has 0 bridgehead atoms. The molecular formula is C23H24FN7O2S. The van der Waals surface area contributed by atoms with Crippen molar-refractivity contribution in [3.8, 4) is 5.69 Å². The Morgan fingerprint density at radius 1 is 1.18 bits per heavy atom. The van der Waals surface area contributed by atoms with Crippen molar-refractivity contribution in [3.63, 3.8) is 0 Å². The number of anilines is 2. The molecule has 0 radical (unpaired) electrons. The van der Waals surface area contributed by atoms with Crippen LogP contribution in [0.1, 0.15) is 24.3 Å². The lowest BCUT2D eigenvalue weighted by molar-refractivity contribution is -0.113. The van der Waals surface area contributed by atoms with Crippen LogP contribution in [0.4, 0.5) is 16.2 Å². The molecule has 4 heterocycles. The van der Waals surface area contributed by atoms with Gasteiger partial charge >= 0.3 is 0 Å². The lowest BCUT2D eigenvalue weighted by Gasteiger charge is -2.17. The zero-order chi connectivity index (χ0) is 23.5. The van der Waals surface area contributed by atoms with E-state index < -0.39 is 0 Å². The highest BCUT2D eigenvalue weighted by Crippen LogP contribution is 2.26. The first-order valence-corrected chi connectivity index (χ1v) is 12.0. The second-order valence-electron chi connectivity index (χ2n) is 8.04. The van der Waals surface area contributed by atoms with Gasteiger partial charge in [0.05, 0.1) is 29.9 Å². The molecule has 3 aromatic heterocycles. The van der Waals surface area contributed by atoms with Gasteiger partial charge in [0.1, 0.15) is 17.4 Å². The number of benzene rings is 1. The molecule has 1 saturated heterocycles. The van der Waals surface area contributed by atoms with Crippen molar-refractivity contribution in [2.45, 2.75) is 31.5 Å². The van der Waals surface area contributed by atoms with Crippen LogP contribution in [0.15, 0.2) is 58.3 Å². The first kappa shape index (κ1) is 22.2. The van der Waals surface area contributed by atoms with Crippen molar-refractivity contribution < 1.29 is 13.6 Å². The van der Waals surface area contributed by atoms with E-state index in [2.05, 4.69) is 25.5 Å². The third-order valence-electron chi connectivity index (χ3n) is 5.48. The molecule has 0 spiro atoms. The SMILES string of the molecule is Cc1cc(NC(=O)CSc2nnc(N3CCCC3)n2Cc2ccco2)n(-c2ccc(F)cc2)n1. The van der Waals surface area contributed by atoms with E-state index in [9.17, 15) is 9.18 Å². The average molecular weight is 482 g/mol. The number of aryl methyl sites for hydroxylation is 1. The monoisotopic (exact) mass is 481 g/mol. The van der Waals surface area contributed by atoms with Gasteiger partial charge in [0.2, 0.25) is 11.9 Å². The van der Waals surface area contributed by atoms with E-state index in [4.69, 9.17) is 4.42 Å². The molecule has 1 amide bonds. The highest BCUT2D eigenvalue weighted by molar-refractivity contribution is 7.99. The molecule has 176 valence electrons. The maximum Gasteiger partial charge on any atom is 0.236 e. The Hall–Kier alpha value is -3.60. The van der Waals surface area contributed by atoms with Crippen LogP contribution in [-0.4, -0.2) is 49.3 Å². The van der Waals surface area contributed by atoms with Gasteiger partial charge in [-0.15, -0.1) is 10.2 Å². The summed E-state index contributed by atoms with van der Waals surface area (Å²) in [6.45, 7) is 4.20. The van der Waals surface area contributed by atoms with Crippen molar-refractivity contribution in [2.24, 2.45) is 0 Å². The number of rotatable bonds is 8. The predicted octanol–water partition coefficient (Wildman–Crippen LogP) is 3.88. The lowest BCUT2D eigenvalue weighted by atomic mass is 10.3. The highest BCUT2D eigenvalue weighted by atomic mass is 32.2. The second-order valence-corrected chi connectivity index (χ2v) is 8.98. The van der Waals surface area contributed by atoms with Crippen molar-refractivity contribution in [3.05, 3.63) is 66.0 Å². The fraction of sp³-hybridized carbons (Fsp3) is 0.304. The van der Waals surface area contributed by atoms with Crippen LogP contribution < -0.4 is 10.2 Å². The van der Waals surface area contributed by atoms with E-state index in [0.29, 0.717) is 23.2 Å². The maximum atomic E-state index is 13.3. The number of hydrogen-bond acceptors (Lipinski definition) is 7. The summed E-state index contributed by atoms with van der Waals surface area (Å²) in [6, 6.07) is 11.5. The van der Waals surface area contributed by atoms with E-state index in [1.807, 2.05) is 23.6 Å². The zero-order valence-electron chi connectivity index (χ0n) is 18.6. The molecule has 0 atom stereocenters. The standard InChI is InChI=1S/C23H24FN7O2S/c1-16-13-20(31(28-16)18-8-6-17(24)7-9-18)25-21(32)15-34-23-27-26-22(29-10-2-3-11-29)30(23)14-19-5-4-12-33-19/h4-9,12-13H,2-3,10-11,14-15H2,1H3,(H,25,32). The molecule has 11 heteroatoms. The predicted molar refractivity (Wildman–Crippen MR) is 127 cm³/mol. The normalized spacial score (nSPS) is 13.5. The topological polar surface area (TPSA) is 94.0 Å². The minimum atomic E-state index is -0.332. The Balaban J connectivity index is 1.30. The smallest absolute Gasteiger partial charge is 0.236 e. The number of hydrogen-bond donors (Lipinski definition) is 1. The fourth-order valence-electron chi connectivity index (χ4n) is 3.91. The number of furan rings is 1. The van der Waals surface area contributed by atoms with Gasteiger partial charge in [-0.05, 0) is 56.2 Å². The van der Waals surface area contributed by atoms with Gasteiger partial charge in [-0.1, -0.05) is 11.8 Å². The molecule has 34 heavy (non-hydrogen) atoms. The number of carbonyl (C=O) groups is 1. The first-order valence-electron chi connectivity index (χ1n) is 11.0. The third kappa shape index (κ3) is 4.84. The molecule has 1 fully saturated rings. The Morgan fingerprint density at radius 3 is 2.71 bits per heavy atom. The van der Waals surface area contributed by atoms with Crippen LogP contribution in [0, 0.1) is 12.7 Å². The van der Waals surface area contributed by atoms with E-state index in [-0.39, 0.29) is 17.5 Å². The molecule has 9 nitrogen and oxygen atoms in total. The van der Waals surface area contributed by atoms with Gasteiger partial charge in [0.15, 0.2) is 5.16 Å². The molecule has 0 aliphatic carbocycles. The summed E-state index contributed by atoms with van der Waals surface area (Å²) in [5.41, 5.74) is 1.40. The van der Waals surface area contributed by atoms with Crippen LogP contribution in [0.2, 0.25) is 0 Å². The summed E-state index contributed by atoms with van der Waals surface area (Å²) in [7, 11) is 0. The minimum Gasteiger partial charge on any atom is -0.467 e. The van der Waals surface area contributed by atoms with Gasteiger partial charge < -0.3 is 14.6 Å². The molecule has 1 aliphatic heterocycles. The van der Waals surface area contributed by atoms with Crippen molar-refractivity contribution in [1.29, 1.82) is 0 Å². The molecular weight excluding hydrogens is 457 g/mol. The van der Waals surface area contributed by atoms with Crippen molar-refractivity contribution in [1.82, 2.24) is 24.5 Å². The number of carbonyl (C=O) groups excluding carboxylic acids is 1. The second kappa shape index (κ2) is 9.72. The van der Waals surface area contributed by atoms with Crippen LogP contribution in [0.3, 0.4) is 0 Å².